The summed E-state index contributed by atoms with van der Waals surface area (Å²) in [6.07, 6.45) is 3.10. The Hall–Kier alpha value is -2.62. The van der Waals surface area contributed by atoms with Crippen LogP contribution in [0.4, 0.5) is 10.1 Å². The van der Waals surface area contributed by atoms with Gasteiger partial charge in [0, 0.05) is 17.8 Å². The average Bonchev–Trinajstić information content (AvgIpc) is 3.01. The normalized spacial score (nSPS) is 10.6. The Morgan fingerprint density at radius 1 is 1.19 bits per heavy atom. The van der Waals surface area contributed by atoms with Crippen molar-refractivity contribution in [2.45, 2.75) is 13.5 Å². The highest BCUT2D eigenvalue weighted by atomic mass is 19.1. The molecule has 1 aromatic heterocycles. The van der Waals surface area contributed by atoms with Gasteiger partial charge in [0.15, 0.2) is 12.2 Å². The van der Waals surface area contributed by atoms with Gasteiger partial charge in [0.05, 0.1) is 6.20 Å². The van der Waals surface area contributed by atoms with Crippen molar-refractivity contribution in [2.75, 3.05) is 5.32 Å². The number of aromatic nitrogens is 1. The van der Waals surface area contributed by atoms with Crippen LogP contribution in [0.15, 0.2) is 59.5 Å². The third kappa shape index (κ3) is 3.11. The number of hydrogen-bond donors (Lipinski definition) is 1. The van der Waals surface area contributed by atoms with E-state index in [2.05, 4.69) is 10.3 Å². The van der Waals surface area contributed by atoms with E-state index in [1.807, 2.05) is 31.2 Å². The van der Waals surface area contributed by atoms with Crippen molar-refractivity contribution < 1.29 is 8.81 Å². The van der Waals surface area contributed by atoms with Crippen LogP contribution in [0.5, 0.6) is 0 Å². The predicted octanol–water partition coefficient (Wildman–Crippen LogP) is 4.40. The van der Waals surface area contributed by atoms with Crippen LogP contribution in [0, 0.1) is 12.7 Å². The summed E-state index contributed by atoms with van der Waals surface area (Å²) in [5.74, 6) is 0.528. The fourth-order valence-corrected chi connectivity index (χ4v) is 2.20. The highest BCUT2D eigenvalue weighted by Gasteiger charge is 2.03. The van der Waals surface area contributed by atoms with E-state index in [0.29, 0.717) is 6.54 Å². The van der Waals surface area contributed by atoms with E-state index < -0.39 is 0 Å². The topological polar surface area (TPSA) is 38.1 Å². The van der Waals surface area contributed by atoms with Crippen molar-refractivity contribution in [3.8, 4) is 11.3 Å². The van der Waals surface area contributed by atoms with Crippen molar-refractivity contribution in [3.05, 3.63) is 72.0 Å². The van der Waals surface area contributed by atoms with Crippen molar-refractivity contribution >= 4 is 5.69 Å². The molecule has 0 spiro atoms. The molecule has 0 amide bonds. The third-order valence-electron chi connectivity index (χ3n) is 3.37. The molecule has 106 valence electrons. The van der Waals surface area contributed by atoms with Crippen molar-refractivity contribution in [3.63, 3.8) is 0 Å². The van der Waals surface area contributed by atoms with Crippen LogP contribution in [0.25, 0.3) is 11.3 Å². The van der Waals surface area contributed by atoms with Crippen LogP contribution in [0.1, 0.15) is 11.1 Å². The summed E-state index contributed by atoms with van der Waals surface area (Å²) in [5, 5.41) is 3.34. The van der Waals surface area contributed by atoms with Gasteiger partial charge >= 0.3 is 0 Å². The predicted molar refractivity (Wildman–Crippen MR) is 80.4 cm³/mol. The lowest BCUT2D eigenvalue weighted by molar-refractivity contribution is 0.572. The van der Waals surface area contributed by atoms with E-state index in [4.69, 9.17) is 4.42 Å². The summed E-state index contributed by atoms with van der Waals surface area (Å²) < 4.78 is 18.4. The Morgan fingerprint density at radius 2 is 2.10 bits per heavy atom. The van der Waals surface area contributed by atoms with Crippen LogP contribution in [0.3, 0.4) is 0 Å². The van der Waals surface area contributed by atoms with Gasteiger partial charge in [-0.2, -0.15) is 0 Å². The van der Waals surface area contributed by atoms with Crippen molar-refractivity contribution in [1.82, 2.24) is 4.98 Å². The quantitative estimate of drug-likeness (QED) is 0.770. The molecule has 0 saturated carbocycles. The molecular weight excluding hydrogens is 267 g/mol. The number of benzene rings is 2. The first-order chi connectivity index (χ1) is 10.2. The fraction of sp³-hybridized carbons (Fsp3) is 0.118. The molecule has 0 bridgehead atoms. The minimum Gasteiger partial charge on any atom is -0.444 e. The summed E-state index contributed by atoms with van der Waals surface area (Å²) in [4.78, 5) is 3.92. The highest BCUT2D eigenvalue weighted by Crippen LogP contribution is 2.22. The summed E-state index contributed by atoms with van der Waals surface area (Å²) in [5.41, 5.74) is 3.95. The number of nitrogens with zero attached hydrogens (tertiary/aromatic N) is 1. The zero-order chi connectivity index (χ0) is 14.7. The smallest absolute Gasteiger partial charge is 0.181 e. The molecule has 21 heavy (non-hydrogen) atoms. The first kappa shape index (κ1) is 13.4. The summed E-state index contributed by atoms with van der Waals surface area (Å²) >= 11 is 0. The fourth-order valence-electron chi connectivity index (χ4n) is 2.20. The molecule has 3 rings (SSSR count). The molecule has 4 heteroatoms. The number of halogens is 1. The Kier molecular flexibility index (Phi) is 3.69. The van der Waals surface area contributed by atoms with Gasteiger partial charge < -0.3 is 9.73 Å². The van der Waals surface area contributed by atoms with E-state index >= 15 is 0 Å². The van der Waals surface area contributed by atoms with Gasteiger partial charge in [-0.15, -0.1) is 0 Å². The molecule has 0 radical (unpaired) electrons. The van der Waals surface area contributed by atoms with E-state index in [1.165, 1.54) is 12.5 Å². The highest BCUT2D eigenvalue weighted by molar-refractivity contribution is 5.63. The molecule has 3 nitrogen and oxygen atoms in total. The Balaban J connectivity index is 1.75. The number of nitrogens with one attached hydrogen (secondary N) is 1. The lowest BCUT2D eigenvalue weighted by Gasteiger charge is -2.10. The monoisotopic (exact) mass is 282 g/mol. The maximum absolute atomic E-state index is 13.1. The Bertz CT molecular complexity index is 738. The van der Waals surface area contributed by atoms with Gasteiger partial charge in [0.1, 0.15) is 5.82 Å². The lowest BCUT2D eigenvalue weighted by atomic mass is 10.1. The number of aryl methyl sites for hydroxylation is 1. The molecule has 2 aromatic carbocycles. The number of anilines is 1. The lowest BCUT2D eigenvalue weighted by Crippen LogP contribution is -2.01. The van der Waals surface area contributed by atoms with Crippen LogP contribution >= 0.6 is 0 Å². The van der Waals surface area contributed by atoms with Gasteiger partial charge in [-0.1, -0.05) is 18.2 Å². The van der Waals surface area contributed by atoms with Crippen LogP contribution in [-0.4, -0.2) is 4.98 Å². The van der Waals surface area contributed by atoms with E-state index in [-0.39, 0.29) is 5.82 Å². The van der Waals surface area contributed by atoms with Crippen molar-refractivity contribution in [1.29, 1.82) is 0 Å². The maximum atomic E-state index is 13.1. The molecule has 0 aliphatic heterocycles. The van der Waals surface area contributed by atoms with Gasteiger partial charge in [0.25, 0.3) is 0 Å². The second-order valence-electron chi connectivity index (χ2n) is 4.87. The summed E-state index contributed by atoms with van der Waals surface area (Å²) in [6.45, 7) is 2.55. The zero-order valence-corrected chi connectivity index (χ0v) is 11.6. The number of rotatable bonds is 4. The first-order valence-electron chi connectivity index (χ1n) is 6.70. The third-order valence-corrected chi connectivity index (χ3v) is 3.37. The van der Waals surface area contributed by atoms with E-state index in [1.54, 1.807) is 18.3 Å². The van der Waals surface area contributed by atoms with Gasteiger partial charge in [0.2, 0.25) is 0 Å². The standard InChI is InChI=1S/C17H15FN2O/c1-12-7-15(18)6-5-14(12)9-20-16-4-2-3-13(8-16)17-10-19-11-21-17/h2-8,10-11,20H,9H2,1H3. The molecule has 0 fully saturated rings. The molecule has 0 aliphatic rings. The van der Waals surface area contributed by atoms with Gasteiger partial charge in [-0.05, 0) is 42.3 Å². The molecule has 1 N–H and O–H groups in total. The Morgan fingerprint density at radius 3 is 2.86 bits per heavy atom. The molecule has 1 heterocycles. The molecule has 0 unspecified atom stereocenters. The largest absolute Gasteiger partial charge is 0.444 e. The zero-order valence-electron chi connectivity index (χ0n) is 11.6. The van der Waals surface area contributed by atoms with Gasteiger partial charge in [-0.25, -0.2) is 9.37 Å². The van der Waals surface area contributed by atoms with Gasteiger partial charge in [-0.3, -0.25) is 0 Å². The van der Waals surface area contributed by atoms with E-state index in [0.717, 1.165) is 28.1 Å². The summed E-state index contributed by atoms with van der Waals surface area (Å²) in [7, 11) is 0. The average molecular weight is 282 g/mol. The minimum absolute atomic E-state index is 0.205. The first-order valence-corrected chi connectivity index (χ1v) is 6.70. The molecular formula is C17H15FN2O. The second kappa shape index (κ2) is 5.79. The van der Waals surface area contributed by atoms with Crippen LogP contribution in [-0.2, 0) is 6.54 Å². The summed E-state index contributed by atoms with van der Waals surface area (Å²) in [6, 6.07) is 12.7. The number of hydrogen-bond acceptors (Lipinski definition) is 3. The van der Waals surface area contributed by atoms with Crippen LogP contribution in [0.2, 0.25) is 0 Å². The molecule has 0 saturated heterocycles. The van der Waals surface area contributed by atoms with E-state index in [9.17, 15) is 4.39 Å². The Labute approximate surface area is 122 Å². The molecule has 0 aliphatic carbocycles. The SMILES string of the molecule is Cc1cc(F)ccc1CNc1cccc(-c2cnco2)c1. The number of oxazole rings is 1. The minimum atomic E-state index is -0.205. The molecule has 0 atom stereocenters. The van der Waals surface area contributed by atoms with Crippen LogP contribution < -0.4 is 5.32 Å². The molecule has 3 aromatic rings. The maximum Gasteiger partial charge on any atom is 0.181 e. The second-order valence-corrected chi connectivity index (χ2v) is 4.87. The van der Waals surface area contributed by atoms with Crippen molar-refractivity contribution in [2.24, 2.45) is 0 Å².